The summed E-state index contributed by atoms with van der Waals surface area (Å²) < 4.78 is 5.12. The summed E-state index contributed by atoms with van der Waals surface area (Å²) in [5, 5.41) is 14.8. The van der Waals surface area contributed by atoms with Crippen LogP contribution in [0.15, 0.2) is 24.3 Å². The lowest BCUT2D eigenvalue weighted by molar-refractivity contribution is -0.142. The topological polar surface area (TPSA) is 87.7 Å². The van der Waals surface area contributed by atoms with E-state index in [1.807, 2.05) is 24.3 Å². The first-order valence-electron chi connectivity index (χ1n) is 8.48. The first kappa shape index (κ1) is 18.1. The minimum Gasteiger partial charge on any atom is -0.497 e. The minimum absolute atomic E-state index is 0.0854. The molecular formula is C18H26N2O4. The summed E-state index contributed by atoms with van der Waals surface area (Å²) in [7, 11) is 1.64. The predicted molar refractivity (Wildman–Crippen MR) is 91.2 cm³/mol. The molecule has 3 N–H and O–H groups in total. The van der Waals surface area contributed by atoms with Crippen molar-refractivity contribution in [3.63, 3.8) is 0 Å². The van der Waals surface area contributed by atoms with Crippen molar-refractivity contribution in [2.24, 2.45) is 5.92 Å². The standard InChI is InChI=1S/C18H26N2O4/c1-24-16-10-4-13(5-11-16)3-2-12-19-18(23)20-15-8-6-14(7-9-15)17(21)22/h4-5,10-11,14-15H,2-3,6-9,12H2,1H3,(H,21,22)(H2,19,20,23). The van der Waals surface area contributed by atoms with E-state index in [2.05, 4.69) is 10.6 Å². The highest BCUT2D eigenvalue weighted by Gasteiger charge is 2.26. The molecule has 6 nitrogen and oxygen atoms in total. The summed E-state index contributed by atoms with van der Waals surface area (Å²) >= 11 is 0. The number of hydrogen-bond donors (Lipinski definition) is 3. The number of amides is 2. The van der Waals surface area contributed by atoms with Crippen LogP contribution >= 0.6 is 0 Å². The summed E-state index contributed by atoms with van der Waals surface area (Å²) in [5.74, 6) is -0.138. The number of carboxylic acid groups (broad SMARTS) is 1. The number of carbonyl (C=O) groups is 2. The Morgan fingerprint density at radius 1 is 1.17 bits per heavy atom. The van der Waals surface area contributed by atoms with Gasteiger partial charge in [-0.1, -0.05) is 12.1 Å². The molecule has 0 aromatic heterocycles. The number of carboxylic acids is 1. The van der Waals surface area contributed by atoms with Gasteiger partial charge < -0.3 is 20.5 Å². The highest BCUT2D eigenvalue weighted by atomic mass is 16.5. The molecule has 1 aromatic carbocycles. The van der Waals surface area contributed by atoms with Gasteiger partial charge in [-0.2, -0.15) is 0 Å². The third-order valence-electron chi connectivity index (χ3n) is 4.50. The van der Waals surface area contributed by atoms with Gasteiger partial charge in [-0.25, -0.2) is 4.79 Å². The number of ether oxygens (including phenoxy) is 1. The number of benzene rings is 1. The Bertz CT molecular complexity index is 536. The van der Waals surface area contributed by atoms with Crippen molar-refractivity contribution in [3.8, 4) is 5.75 Å². The van der Waals surface area contributed by atoms with Gasteiger partial charge in [0.05, 0.1) is 13.0 Å². The normalized spacial score (nSPS) is 20.2. The summed E-state index contributed by atoms with van der Waals surface area (Å²) in [4.78, 5) is 22.8. The van der Waals surface area contributed by atoms with E-state index in [9.17, 15) is 9.59 Å². The van der Waals surface area contributed by atoms with E-state index in [4.69, 9.17) is 9.84 Å². The molecule has 132 valence electrons. The second kappa shape index (κ2) is 9.15. The highest BCUT2D eigenvalue weighted by molar-refractivity contribution is 5.74. The van der Waals surface area contributed by atoms with Crippen LogP contribution in [0.4, 0.5) is 4.79 Å². The second-order valence-corrected chi connectivity index (χ2v) is 6.24. The van der Waals surface area contributed by atoms with E-state index in [0.29, 0.717) is 19.4 Å². The molecule has 6 heteroatoms. The third-order valence-corrected chi connectivity index (χ3v) is 4.50. The van der Waals surface area contributed by atoms with Crippen LogP contribution in [0.5, 0.6) is 5.75 Å². The third kappa shape index (κ3) is 5.76. The summed E-state index contributed by atoms with van der Waals surface area (Å²) in [6, 6.07) is 7.84. The number of hydrogen-bond acceptors (Lipinski definition) is 3. The molecule has 0 bridgehead atoms. The lowest BCUT2D eigenvalue weighted by atomic mass is 9.86. The van der Waals surface area contributed by atoms with Crippen LogP contribution in [0.2, 0.25) is 0 Å². The van der Waals surface area contributed by atoms with Gasteiger partial charge in [0.1, 0.15) is 5.75 Å². The van der Waals surface area contributed by atoms with E-state index in [1.165, 1.54) is 5.56 Å². The molecule has 24 heavy (non-hydrogen) atoms. The Morgan fingerprint density at radius 2 is 1.83 bits per heavy atom. The molecule has 1 aliphatic rings. The fraction of sp³-hybridized carbons (Fsp3) is 0.556. The molecule has 0 spiro atoms. The molecule has 0 heterocycles. The summed E-state index contributed by atoms with van der Waals surface area (Å²) in [6.45, 7) is 0.613. The summed E-state index contributed by atoms with van der Waals surface area (Å²) in [6.07, 6.45) is 4.50. The van der Waals surface area contributed by atoms with Gasteiger partial charge in [-0.05, 0) is 56.2 Å². The van der Waals surface area contributed by atoms with Gasteiger partial charge >= 0.3 is 12.0 Å². The van der Waals surface area contributed by atoms with E-state index >= 15 is 0 Å². The van der Waals surface area contributed by atoms with Crippen LogP contribution < -0.4 is 15.4 Å². The average Bonchev–Trinajstić information content (AvgIpc) is 2.59. The molecule has 2 amide bonds. The molecule has 0 aliphatic heterocycles. The Hall–Kier alpha value is -2.24. The van der Waals surface area contributed by atoms with Gasteiger partial charge in [-0.3, -0.25) is 4.79 Å². The van der Waals surface area contributed by atoms with Crippen LogP contribution in [0, 0.1) is 5.92 Å². The maximum absolute atomic E-state index is 11.9. The largest absolute Gasteiger partial charge is 0.497 e. The van der Waals surface area contributed by atoms with Crippen molar-refractivity contribution in [1.29, 1.82) is 0 Å². The van der Waals surface area contributed by atoms with Gasteiger partial charge in [0.15, 0.2) is 0 Å². The first-order valence-corrected chi connectivity index (χ1v) is 8.48. The number of methoxy groups -OCH3 is 1. The van der Waals surface area contributed by atoms with Crippen molar-refractivity contribution in [2.45, 2.75) is 44.6 Å². The van der Waals surface area contributed by atoms with Crippen molar-refractivity contribution in [2.75, 3.05) is 13.7 Å². The number of aryl methyl sites for hydroxylation is 1. The number of urea groups is 1. The zero-order chi connectivity index (χ0) is 17.4. The van der Waals surface area contributed by atoms with Crippen LogP contribution in [-0.4, -0.2) is 36.8 Å². The lowest BCUT2D eigenvalue weighted by Gasteiger charge is -2.26. The molecule has 1 aliphatic carbocycles. The SMILES string of the molecule is COc1ccc(CCCNC(=O)NC2CCC(C(=O)O)CC2)cc1. The van der Waals surface area contributed by atoms with Crippen molar-refractivity contribution >= 4 is 12.0 Å². The maximum Gasteiger partial charge on any atom is 0.315 e. The van der Waals surface area contributed by atoms with E-state index < -0.39 is 5.97 Å². The van der Waals surface area contributed by atoms with Gasteiger partial charge in [0.2, 0.25) is 0 Å². The number of carbonyl (C=O) groups excluding carboxylic acids is 1. The van der Waals surface area contributed by atoms with Crippen molar-refractivity contribution in [3.05, 3.63) is 29.8 Å². The molecule has 1 aromatic rings. The smallest absolute Gasteiger partial charge is 0.315 e. The molecular weight excluding hydrogens is 308 g/mol. The van der Waals surface area contributed by atoms with E-state index in [1.54, 1.807) is 7.11 Å². The van der Waals surface area contributed by atoms with Crippen LogP contribution in [0.3, 0.4) is 0 Å². The fourth-order valence-electron chi connectivity index (χ4n) is 3.01. The molecule has 0 radical (unpaired) electrons. The summed E-state index contributed by atoms with van der Waals surface area (Å²) in [5.41, 5.74) is 1.21. The zero-order valence-electron chi connectivity index (χ0n) is 14.1. The van der Waals surface area contributed by atoms with Crippen LogP contribution in [0.1, 0.15) is 37.7 Å². The first-order chi connectivity index (χ1) is 11.6. The molecule has 0 atom stereocenters. The number of aliphatic carboxylic acids is 1. The number of rotatable bonds is 7. The molecule has 0 saturated heterocycles. The maximum atomic E-state index is 11.9. The zero-order valence-corrected chi connectivity index (χ0v) is 14.1. The van der Waals surface area contributed by atoms with Crippen molar-refractivity contribution in [1.82, 2.24) is 10.6 Å². The lowest BCUT2D eigenvalue weighted by Crippen LogP contribution is -2.44. The van der Waals surface area contributed by atoms with Gasteiger partial charge in [0, 0.05) is 12.6 Å². The van der Waals surface area contributed by atoms with Crippen LogP contribution in [0.25, 0.3) is 0 Å². The Kier molecular flexibility index (Phi) is 6.90. The van der Waals surface area contributed by atoms with Crippen molar-refractivity contribution < 1.29 is 19.4 Å². The quantitative estimate of drug-likeness (QED) is 0.669. The minimum atomic E-state index is -0.726. The highest BCUT2D eigenvalue weighted by Crippen LogP contribution is 2.24. The number of nitrogens with one attached hydrogen (secondary N) is 2. The predicted octanol–water partition coefficient (Wildman–Crippen LogP) is 2.57. The second-order valence-electron chi connectivity index (χ2n) is 6.24. The fourth-order valence-corrected chi connectivity index (χ4v) is 3.01. The van der Waals surface area contributed by atoms with E-state index in [-0.39, 0.29) is 18.0 Å². The monoisotopic (exact) mass is 334 g/mol. The Balaban J connectivity index is 1.59. The van der Waals surface area contributed by atoms with Crippen LogP contribution in [-0.2, 0) is 11.2 Å². The molecule has 2 rings (SSSR count). The van der Waals surface area contributed by atoms with E-state index in [0.717, 1.165) is 31.4 Å². The molecule has 1 fully saturated rings. The average molecular weight is 334 g/mol. The molecule has 0 unspecified atom stereocenters. The van der Waals surface area contributed by atoms with Gasteiger partial charge in [-0.15, -0.1) is 0 Å². The Morgan fingerprint density at radius 3 is 2.42 bits per heavy atom. The molecule has 1 saturated carbocycles. The van der Waals surface area contributed by atoms with Gasteiger partial charge in [0.25, 0.3) is 0 Å². The Labute approximate surface area is 142 Å².